The van der Waals surface area contributed by atoms with Crippen LogP contribution in [0.4, 0.5) is 17.6 Å². The van der Waals surface area contributed by atoms with Crippen LogP contribution in [0.1, 0.15) is 59.5 Å². The van der Waals surface area contributed by atoms with E-state index in [0.29, 0.717) is 80.6 Å². The highest BCUT2D eigenvalue weighted by Gasteiger charge is 2.34. The molecule has 3 aliphatic heterocycles. The number of piperidine rings is 2. The SMILES string of the molecule is N#Cc1ccc(C2CCN(C[C@H](O)Cn3nc(-c4ccc(C(F)(F)F)c(SCCN5CCC(F)CC5)c4)c4c3CCNC4)CC2)cc1. The number of thioether (sulfide) groups is 1. The zero-order valence-corrected chi connectivity index (χ0v) is 27.3. The van der Waals surface area contributed by atoms with Crippen LogP contribution in [0, 0.1) is 11.3 Å². The molecule has 0 amide bonds. The Bertz CT molecular complexity index is 1540. The number of nitrogens with zero attached hydrogens (tertiary/aromatic N) is 5. The molecule has 0 unspecified atom stereocenters. The third kappa shape index (κ3) is 8.38. The number of rotatable bonds is 10. The van der Waals surface area contributed by atoms with E-state index >= 15 is 0 Å². The molecule has 6 rings (SSSR count). The second kappa shape index (κ2) is 15.1. The number of halogens is 4. The number of hydrogen-bond donors (Lipinski definition) is 2. The van der Waals surface area contributed by atoms with Crippen molar-refractivity contribution in [2.75, 3.05) is 51.6 Å². The van der Waals surface area contributed by atoms with Crippen LogP contribution in [0.5, 0.6) is 0 Å². The minimum atomic E-state index is -4.48. The number of likely N-dealkylation sites (tertiary alicyclic amines) is 2. The van der Waals surface area contributed by atoms with Gasteiger partial charge in [-0.2, -0.15) is 23.5 Å². The van der Waals surface area contributed by atoms with Gasteiger partial charge in [-0.3, -0.25) is 4.68 Å². The van der Waals surface area contributed by atoms with Crippen molar-refractivity contribution in [3.05, 3.63) is 70.4 Å². The predicted octanol–water partition coefficient (Wildman–Crippen LogP) is 5.85. The largest absolute Gasteiger partial charge is 0.417 e. The molecule has 12 heteroatoms. The molecule has 1 aromatic heterocycles. The van der Waals surface area contributed by atoms with Gasteiger partial charge in [-0.25, -0.2) is 4.39 Å². The molecule has 4 heterocycles. The molecule has 0 spiro atoms. The second-order valence-electron chi connectivity index (χ2n) is 12.9. The number of nitriles is 1. The Morgan fingerprint density at radius 1 is 1.00 bits per heavy atom. The van der Waals surface area contributed by atoms with Crippen LogP contribution in [0.15, 0.2) is 47.4 Å². The van der Waals surface area contributed by atoms with Crippen LogP contribution in [-0.2, 0) is 25.7 Å². The van der Waals surface area contributed by atoms with E-state index < -0.39 is 24.0 Å². The van der Waals surface area contributed by atoms with Crippen molar-refractivity contribution < 1.29 is 22.7 Å². The molecule has 2 N–H and O–H groups in total. The topological polar surface area (TPSA) is 80.4 Å². The Kier molecular flexibility index (Phi) is 10.9. The summed E-state index contributed by atoms with van der Waals surface area (Å²) in [5.41, 5.74) is 4.53. The highest BCUT2D eigenvalue weighted by molar-refractivity contribution is 7.99. The quantitative estimate of drug-likeness (QED) is 0.207. The van der Waals surface area contributed by atoms with Crippen molar-refractivity contribution in [2.24, 2.45) is 0 Å². The van der Waals surface area contributed by atoms with Gasteiger partial charge in [-0.05, 0) is 74.5 Å². The molecule has 252 valence electrons. The van der Waals surface area contributed by atoms with Gasteiger partial charge in [0.15, 0.2) is 0 Å². The molecule has 0 saturated carbocycles. The average molecular weight is 671 g/mol. The van der Waals surface area contributed by atoms with Crippen LogP contribution in [0.25, 0.3) is 11.3 Å². The zero-order valence-electron chi connectivity index (χ0n) is 26.5. The van der Waals surface area contributed by atoms with Crippen LogP contribution < -0.4 is 5.32 Å². The molecule has 2 fully saturated rings. The van der Waals surface area contributed by atoms with Gasteiger partial charge in [0, 0.05) is 73.2 Å². The lowest BCUT2D eigenvalue weighted by atomic mass is 9.89. The summed E-state index contributed by atoms with van der Waals surface area (Å²) in [5, 5.41) is 28.5. The van der Waals surface area contributed by atoms with Gasteiger partial charge in [0.25, 0.3) is 0 Å². The first-order valence-corrected chi connectivity index (χ1v) is 17.6. The third-order valence-electron chi connectivity index (χ3n) is 9.70. The number of aromatic nitrogens is 2. The molecule has 3 aromatic rings. The highest BCUT2D eigenvalue weighted by Crippen LogP contribution is 2.40. The van der Waals surface area contributed by atoms with Gasteiger partial charge in [0.1, 0.15) is 6.17 Å². The Hall–Kier alpha value is -2.95. The number of hydrogen-bond acceptors (Lipinski definition) is 7. The maximum absolute atomic E-state index is 14.0. The minimum Gasteiger partial charge on any atom is -0.390 e. The molecule has 0 radical (unpaired) electrons. The van der Waals surface area contributed by atoms with E-state index in [1.165, 1.54) is 23.4 Å². The molecular formula is C35H42F4N6OS. The number of fused-ring (bicyclic) bond motifs is 1. The molecule has 3 aliphatic rings. The van der Waals surface area contributed by atoms with Gasteiger partial charge in [-0.15, -0.1) is 11.8 Å². The highest BCUT2D eigenvalue weighted by atomic mass is 32.2. The molecular weight excluding hydrogens is 628 g/mol. The van der Waals surface area contributed by atoms with Crippen molar-refractivity contribution in [1.82, 2.24) is 24.9 Å². The van der Waals surface area contributed by atoms with Gasteiger partial charge in [-0.1, -0.05) is 18.2 Å². The lowest BCUT2D eigenvalue weighted by Crippen LogP contribution is -2.40. The average Bonchev–Trinajstić information content (AvgIpc) is 3.43. The number of β-amino-alcohol motifs (C(OH)–C–C–N with tert-alkyl or cyclic N) is 1. The van der Waals surface area contributed by atoms with Crippen molar-refractivity contribution in [2.45, 2.75) is 74.5 Å². The van der Waals surface area contributed by atoms with E-state index in [2.05, 4.69) is 21.2 Å². The molecule has 1 atom stereocenters. The van der Waals surface area contributed by atoms with Gasteiger partial charge < -0.3 is 20.2 Å². The smallest absolute Gasteiger partial charge is 0.390 e. The standard InChI is InChI=1S/C35H42F4N6OS/c36-28-10-15-43(16-11-28)17-18-47-33-19-27(5-6-31(33)35(37,38)39)34-30-21-41-12-7-32(30)45(42-34)23-29(46)22-44-13-8-26(9-14-44)25-3-1-24(20-40)2-4-25/h1-6,19,26,28-29,41,46H,7-18,21-23H2/t29-/m0/s1. The van der Waals surface area contributed by atoms with Gasteiger partial charge >= 0.3 is 6.18 Å². The lowest BCUT2D eigenvalue weighted by Gasteiger charge is -2.33. The van der Waals surface area contributed by atoms with E-state index in [-0.39, 0.29) is 4.90 Å². The summed E-state index contributed by atoms with van der Waals surface area (Å²) in [6.07, 6.45) is -2.27. The van der Waals surface area contributed by atoms with Crippen LogP contribution >= 0.6 is 11.8 Å². The fourth-order valence-electron chi connectivity index (χ4n) is 7.07. The van der Waals surface area contributed by atoms with E-state index in [9.17, 15) is 22.7 Å². The summed E-state index contributed by atoms with van der Waals surface area (Å²) < 4.78 is 57.4. The monoisotopic (exact) mass is 670 g/mol. The van der Waals surface area contributed by atoms with Crippen LogP contribution in [-0.4, -0.2) is 88.5 Å². The summed E-state index contributed by atoms with van der Waals surface area (Å²) >= 11 is 1.19. The van der Waals surface area contributed by atoms with Crippen LogP contribution in [0.2, 0.25) is 0 Å². The Morgan fingerprint density at radius 3 is 2.43 bits per heavy atom. The van der Waals surface area contributed by atoms with E-state index in [0.717, 1.165) is 56.2 Å². The number of aliphatic hydroxyl groups excluding tert-OH is 1. The molecule has 0 aliphatic carbocycles. The first-order valence-electron chi connectivity index (χ1n) is 16.6. The number of benzene rings is 2. The summed E-state index contributed by atoms with van der Waals surface area (Å²) in [6, 6.07) is 14.2. The minimum absolute atomic E-state index is 0.173. The fourth-order valence-corrected chi connectivity index (χ4v) is 8.19. The van der Waals surface area contributed by atoms with Crippen molar-refractivity contribution >= 4 is 11.8 Å². The second-order valence-corrected chi connectivity index (χ2v) is 14.1. The first-order chi connectivity index (χ1) is 22.7. The Balaban J connectivity index is 1.12. The molecule has 2 aromatic carbocycles. The van der Waals surface area contributed by atoms with Crippen molar-refractivity contribution in [3.63, 3.8) is 0 Å². The zero-order chi connectivity index (χ0) is 33.0. The van der Waals surface area contributed by atoms with Gasteiger partial charge in [0.05, 0.1) is 35.5 Å². The van der Waals surface area contributed by atoms with Crippen molar-refractivity contribution in [1.29, 1.82) is 5.26 Å². The Labute approximate surface area is 277 Å². The van der Waals surface area contributed by atoms with Crippen LogP contribution in [0.3, 0.4) is 0 Å². The molecule has 0 bridgehead atoms. The normalized spacial score (nSPS) is 19.4. The summed E-state index contributed by atoms with van der Waals surface area (Å²) in [7, 11) is 0. The van der Waals surface area contributed by atoms with Gasteiger partial charge in [0.2, 0.25) is 0 Å². The Morgan fingerprint density at radius 2 is 1.72 bits per heavy atom. The molecule has 2 saturated heterocycles. The first kappa shape index (κ1) is 33.9. The third-order valence-corrected chi connectivity index (χ3v) is 10.7. The number of aliphatic hydroxyl groups is 1. The number of alkyl halides is 4. The number of nitrogens with one attached hydrogen (secondary N) is 1. The van der Waals surface area contributed by atoms with E-state index in [1.807, 2.05) is 28.9 Å². The molecule has 7 nitrogen and oxygen atoms in total. The van der Waals surface area contributed by atoms with E-state index in [1.54, 1.807) is 6.07 Å². The van der Waals surface area contributed by atoms with E-state index in [4.69, 9.17) is 10.4 Å². The summed E-state index contributed by atoms with van der Waals surface area (Å²) in [5.74, 6) is 0.916. The maximum Gasteiger partial charge on any atom is 0.417 e. The fraction of sp³-hybridized carbons (Fsp3) is 0.543. The predicted molar refractivity (Wildman–Crippen MR) is 175 cm³/mol. The maximum atomic E-state index is 14.0. The lowest BCUT2D eigenvalue weighted by molar-refractivity contribution is -0.139. The molecule has 47 heavy (non-hydrogen) atoms. The summed E-state index contributed by atoms with van der Waals surface area (Å²) in [6.45, 7) is 5.78. The summed E-state index contributed by atoms with van der Waals surface area (Å²) in [4.78, 5) is 4.57. The van der Waals surface area contributed by atoms with Crippen molar-refractivity contribution in [3.8, 4) is 17.3 Å².